The third kappa shape index (κ3) is 18.4. The van der Waals surface area contributed by atoms with Gasteiger partial charge in [-0.15, -0.1) is 0 Å². The van der Waals surface area contributed by atoms with Gasteiger partial charge in [-0.05, 0) is 95.9 Å². The SMILES string of the molecule is CCCCCCCC1CCC(CCCOc2ccc(CO[C@H](c3ccccc3)[C@H](OCc3ccc(OCCCC4CCC(CCCCCCC)CC4)cc3)c3ccccc3)cc2)CC1. The maximum absolute atomic E-state index is 6.83. The Hall–Kier alpha value is -3.60. The molecule has 64 heavy (non-hydrogen) atoms. The summed E-state index contributed by atoms with van der Waals surface area (Å²) in [4.78, 5) is 0. The minimum atomic E-state index is -0.298. The number of ether oxygens (including phenoxy) is 4. The van der Waals surface area contributed by atoms with E-state index in [1.165, 1.54) is 141 Å². The summed E-state index contributed by atoms with van der Waals surface area (Å²) in [5, 5.41) is 0. The summed E-state index contributed by atoms with van der Waals surface area (Å²) in [6, 6.07) is 38.0. The first-order chi connectivity index (χ1) is 31.7. The Balaban J connectivity index is 0.924. The maximum Gasteiger partial charge on any atom is 0.119 e. The molecule has 0 radical (unpaired) electrons. The Labute approximate surface area is 390 Å². The predicted octanol–water partition coefficient (Wildman–Crippen LogP) is 17.6. The van der Waals surface area contributed by atoms with Gasteiger partial charge in [0.2, 0.25) is 0 Å². The normalized spacial score (nSPS) is 19.8. The van der Waals surface area contributed by atoms with E-state index in [2.05, 4.69) is 123 Å². The van der Waals surface area contributed by atoms with E-state index in [-0.39, 0.29) is 12.2 Å². The molecule has 4 aromatic rings. The van der Waals surface area contributed by atoms with E-state index in [1.807, 2.05) is 0 Å². The fourth-order valence-corrected chi connectivity index (χ4v) is 10.6. The highest BCUT2D eigenvalue weighted by Gasteiger charge is 2.27. The molecule has 0 aromatic heterocycles. The molecule has 2 fully saturated rings. The number of hydrogen-bond acceptors (Lipinski definition) is 4. The van der Waals surface area contributed by atoms with Crippen molar-refractivity contribution in [1.29, 1.82) is 0 Å². The molecule has 2 aliphatic carbocycles. The van der Waals surface area contributed by atoms with E-state index in [9.17, 15) is 0 Å². The summed E-state index contributed by atoms with van der Waals surface area (Å²) in [7, 11) is 0. The second-order valence-corrected chi connectivity index (χ2v) is 19.7. The lowest BCUT2D eigenvalue weighted by Crippen LogP contribution is -2.18. The maximum atomic E-state index is 6.83. The number of benzene rings is 4. The summed E-state index contributed by atoms with van der Waals surface area (Å²) >= 11 is 0. The van der Waals surface area contributed by atoms with Crippen LogP contribution in [0, 0.1) is 23.7 Å². The third-order valence-corrected chi connectivity index (χ3v) is 14.7. The van der Waals surface area contributed by atoms with Crippen LogP contribution in [0.2, 0.25) is 0 Å². The van der Waals surface area contributed by atoms with E-state index in [1.54, 1.807) is 0 Å². The lowest BCUT2D eigenvalue weighted by molar-refractivity contribution is -0.0908. The second-order valence-electron chi connectivity index (χ2n) is 19.7. The Morgan fingerprint density at radius 3 is 1.05 bits per heavy atom. The van der Waals surface area contributed by atoms with Crippen molar-refractivity contribution < 1.29 is 18.9 Å². The quantitative estimate of drug-likeness (QED) is 0.0472. The molecule has 0 spiro atoms. The molecule has 4 nitrogen and oxygen atoms in total. The lowest BCUT2D eigenvalue weighted by Gasteiger charge is -2.29. The zero-order valence-corrected chi connectivity index (χ0v) is 40.3. The summed E-state index contributed by atoms with van der Waals surface area (Å²) in [6.07, 6.45) is 32.7. The lowest BCUT2D eigenvalue weighted by atomic mass is 9.78. The van der Waals surface area contributed by atoms with Crippen LogP contribution >= 0.6 is 0 Å². The van der Waals surface area contributed by atoms with Gasteiger partial charge in [-0.25, -0.2) is 0 Å². The predicted molar refractivity (Wildman–Crippen MR) is 268 cm³/mol. The second kappa shape index (κ2) is 29.8. The fourth-order valence-electron chi connectivity index (χ4n) is 10.6. The van der Waals surface area contributed by atoms with Crippen molar-refractivity contribution in [2.45, 2.75) is 193 Å². The van der Waals surface area contributed by atoms with E-state index in [4.69, 9.17) is 18.9 Å². The molecule has 2 atom stereocenters. The minimum absolute atomic E-state index is 0.298. The highest BCUT2D eigenvalue weighted by molar-refractivity contribution is 5.29. The first kappa shape index (κ1) is 49.8. The molecule has 0 N–H and O–H groups in total. The van der Waals surface area contributed by atoms with Crippen LogP contribution in [0.15, 0.2) is 109 Å². The van der Waals surface area contributed by atoms with Gasteiger partial charge < -0.3 is 18.9 Å². The Bertz CT molecular complexity index is 1590. The van der Waals surface area contributed by atoms with Gasteiger partial charge in [-0.1, -0.05) is 227 Å². The van der Waals surface area contributed by atoms with Crippen LogP contribution in [0.1, 0.15) is 202 Å². The molecule has 4 aromatic carbocycles. The zero-order valence-electron chi connectivity index (χ0n) is 40.3. The molecule has 6 rings (SSSR count). The van der Waals surface area contributed by atoms with E-state index >= 15 is 0 Å². The average Bonchev–Trinajstić information content (AvgIpc) is 3.35. The molecule has 4 heteroatoms. The largest absolute Gasteiger partial charge is 0.494 e. The molecule has 0 saturated heterocycles. The molecule has 2 aliphatic rings. The number of hydrogen-bond donors (Lipinski definition) is 0. The first-order valence-corrected chi connectivity index (χ1v) is 26.4. The first-order valence-electron chi connectivity index (χ1n) is 26.4. The van der Waals surface area contributed by atoms with Gasteiger partial charge in [0.05, 0.1) is 26.4 Å². The van der Waals surface area contributed by atoms with Crippen molar-refractivity contribution in [2.75, 3.05) is 13.2 Å². The van der Waals surface area contributed by atoms with Crippen molar-refractivity contribution >= 4 is 0 Å². The van der Waals surface area contributed by atoms with Crippen LogP contribution in [0.5, 0.6) is 11.5 Å². The van der Waals surface area contributed by atoms with Crippen LogP contribution in [-0.2, 0) is 22.7 Å². The summed E-state index contributed by atoms with van der Waals surface area (Å²) in [5.74, 6) is 5.60. The van der Waals surface area contributed by atoms with Crippen LogP contribution in [0.3, 0.4) is 0 Å². The van der Waals surface area contributed by atoms with Crippen LogP contribution in [-0.4, -0.2) is 13.2 Å². The molecule has 350 valence electrons. The molecule has 2 saturated carbocycles. The van der Waals surface area contributed by atoms with Crippen LogP contribution < -0.4 is 9.47 Å². The van der Waals surface area contributed by atoms with Crippen molar-refractivity contribution in [2.24, 2.45) is 23.7 Å². The van der Waals surface area contributed by atoms with Gasteiger partial charge in [-0.2, -0.15) is 0 Å². The minimum Gasteiger partial charge on any atom is -0.494 e. The smallest absolute Gasteiger partial charge is 0.119 e. The van der Waals surface area contributed by atoms with Crippen LogP contribution in [0.4, 0.5) is 0 Å². The standard InChI is InChI=1S/C60H86O4/c1-3-5-7-9-13-21-49-29-33-51(34-30-49)23-19-45-61-57-41-37-53(38-42-57)47-63-59(55-25-15-11-16-26-55)60(56-27-17-12-18-28-56)64-48-54-39-43-58(44-40-54)62-46-20-24-52-35-31-50(32-36-52)22-14-10-8-6-4-2/h11-12,15-18,25-28,37-44,49-52,59-60H,3-10,13-14,19-24,29-36,45-48H2,1-2H3/t49?,50?,51?,52?,59-,60-/m1/s1. The summed E-state index contributed by atoms with van der Waals surface area (Å²) in [6.45, 7) is 7.13. The fraction of sp³-hybridized carbons (Fsp3) is 0.600. The van der Waals surface area contributed by atoms with Crippen molar-refractivity contribution in [3.8, 4) is 11.5 Å². The molecule has 0 unspecified atom stereocenters. The highest BCUT2D eigenvalue weighted by Crippen LogP contribution is 2.38. The summed E-state index contributed by atoms with van der Waals surface area (Å²) in [5.41, 5.74) is 4.44. The number of rotatable bonds is 31. The van der Waals surface area contributed by atoms with Gasteiger partial charge in [0.15, 0.2) is 0 Å². The van der Waals surface area contributed by atoms with Crippen molar-refractivity contribution in [3.63, 3.8) is 0 Å². The van der Waals surface area contributed by atoms with E-state index in [0.29, 0.717) is 13.2 Å². The molecule has 0 bridgehead atoms. The van der Waals surface area contributed by atoms with E-state index in [0.717, 1.165) is 83.5 Å². The van der Waals surface area contributed by atoms with Gasteiger partial charge in [-0.3, -0.25) is 0 Å². The zero-order chi connectivity index (χ0) is 44.3. The van der Waals surface area contributed by atoms with Gasteiger partial charge >= 0.3 is 0 Å². The Morgan fingerprint density at radius 2 is 0.703 bits per heavy atom. The molecular weight excluding hydrogens is 785 g/mol. The monoisotopic (exact) mass is 871 g/mol. The molecule has 0 aliphatic heterocycles. The Morgan fingerprint density at radius 1 is 0.375 bits per heavy atom. The molecular formula is C60H86O4. The number of unbranched alkanes of at least 4 members (excludes halogenated alkanes) is 8. The Kier molecular flexibility index (Phi) is 23.2. The van der Waals surface area contributed by atoms with Gasteiger partial charge in [0.1, 0.15) is 23.7 Å². The topological polar surface area (TPSA) is 36.9 Å². The van der Waals surface area contributed by atoms with Crippen molar-refractivity contribution in [1.82, 2.24) is 0 Å². The summed E-state index contributed by atoms with van der Waals surface area (Å²) < 4.78 is 26.1. The highest BCUT2D eigenvalue weighted by atomic mass is 16.5. The average molecular weight is 871 g/mol. The van der Waals surface area contributed by atoms with Gasteiger partial charge in [0, 0.05) is 0 Å². The van der Waals surface area contributed by atoms with Gasteiger partial charge in [0.25, 0.3) is 0 Å². The third-order valence-electron chi connectivity index (χ3n) is 14.7. The van der Waals surface area contributed by atoms with Crippen LogP contribution in [0.25, 0.3) is 0 Å². The van der Waals surface area contributed by atoms with Crippen molar-refractivity contribution in [3.05, 3.63) is 131 Å². The molecule has 0 heterocycles. The van der Waals surface area contributed by atoms with E-state index < -0.39 is 0 Å². The molecule has 0 amide bonds.